The molecule has 1 heterocycles. The van der Waals surface area contributed by atoms with Crippen LogP contribution in [0.2, 0.25) is 5.02 Å². The number of nitrogens with one attached hydrogen (secondary N) is 1. The van der Waals surface area contributed by atoms with Gasteiger partial charge in [-0.3, -0.25) is 0 Å². The molecule has 0 bridgehead atoms. The summed E-state index contributed by atoms with van der Waals surface area (Å²) in [6, 6.07) is 12.3. The third kappa shape index (κ3) is 3.22. The van der Waals surface area contributed by atoms with Crippen LogP contribution in [0, 0.1) is 13.8 Å². The molecule has 0 amide bonds. The Hall–Kier alpha value is -2.30. The average Bonchev–Trinajstić information content (AvgIpc) is 2.95. The largest absolute Gasteiger partial charge is 0.423 e. The number of aliphatic hydroxyl groups excluding tert-OH is 1. The van der Waals surface area contributed by atoms with Crippen LogP contribution in [0.5, 0.6) is 0 Å². The number of rotatable bonds is 3. The summed E-state index contributed by atoms with van der Waals surface area (Å²) >= 11 is 6.06. The van der Waals surface area contributed by atoms with E-state index >= 15 is 0 Å². The van der Waals surface area contributed by atoms with E-state index in [4.69, 9.17) is 16.0 Å². The van der Waals surface area contributed by atoms with E-state index < -0.39 is 0 Å². The van der Waals surface area contributed by atoms with E-state index in [0.29, 0.717) is 17.5 Å². The van der Waals surface area contributed by atoms with Crippen molar-refractivity contribution in [3.05, 3.63) is 63.8 Å². The Bertz CT molecular complexity index is 965. The minimum absolute atomic E-state index is 0.288. The van der Waals surface area contributed by atoms with Gasteiger partial charge in [0.05, 0.1) is 11.8 Å². The number of hydrogen-bond acceptors (Lipinski definition) is 4. The van der Waals surface area contributed by atoms with Gasteiger partial charge in [-0.2, -0.15) is 4.98 Å². The van der Waals surface area contributed by atoms with Crippen molar-refractivity contribution in [1.82, 2.24) is 4.98 Å². The number of aryl methyl sites for hydroxylation is 3. The van der Waals surface area contributed by atoms with Gasteiger partial charge in [0.15, 0.2) is 5.76 Å². The fourth-order valence-corrected chi connectivity index (χ4v) is 3.81. The zero-order valence-electron chi connectivity index (χ0n) is 14.8. The summed E-state index contributed by atoms with van der Waals surface area (Å²) in [7, 11) is 0. The minimum atomic E-state index is -0.288. The number of hydrogen-bond donors (Lipinski definition) is 2. The van der Waals surface area contributed by atoms with E-state index in [1.165, 1.54) is 5.56 Å². The van der Waals surface area contributed by atoms with Gasteiger partial charge in [0, 0.05) is 22.7 Å². The second-order valence-corrected chi connectivity index (χ2v) is 7.29. The Morgan fingerprint density at radius 3 is 2.88 bits per heavy atom. The number of fused-ring (bicyclic) bond motifs is 1. The molecule has 1 aliphatic rings. The van der Waals surface area contributed by atoms with Gasteiger partial charge in [0.25, 0.3) is 6.01 Å². The lowest BCUT2D eigenvalue weighted by Crippen LogP contribution is -2.19. The zero-order chi connectivity index (χ0) is 18.3. The molecule has 5 heteroatoms. The quantitative estimate of drug-likeness (QED) is 0.666. The number of halogens is 1. The fraction of sp³-hybridized carbons (Fsp3) is 0.286. The standard InChI is InChI=1S/C21H21ClN2O2/c1-12-10-15(22)7-9-17(12)20-13(2)23-21(26-20)24-19-5-3-4-14-6-8-16(25)11-18(14)19/h3-5,7,9-10,16,25H,6,8,11H2,1-2H3,(H,23,24). The van der Waals surface area contributed by atoms with Crippen LogP contribution in [0.1, 0.15) is 28.8 Å². The lowest BCUT2D eigenvalue weighted by atomic mass is 9.88. The number of nitrogens with zero attached hydrogens (tertiary/aromatic N) is 1. The highest BCUT2D eigenvalue weighted by molar-refractivity contribution is 6.30. The van der Waals surface area contributed by atoms with Gasteiger partial charge in [-0.25, -0.2) is 0 Å². The molecule has 134 valence electrons. The Balaban J connectivity index is 1.67. The molecule has 0 aliphatic heterocycles. The molecule has 1 unspecified atom stereocenters. The van der Waals surface area contributed by atoms with Gasteiger partial charge in [0.2, 0.25) is 0 Å². The first-order chi connectivity index (χ1) is 12.5. The highest BCUT2D eigenvalue weighted by Gasteiger charge is 2.20. The Morgan fingerprint density at radius 1 is 1.23 bits per heavy atom. The van der Waals surface area contributed by atoms with Gasteiger partial charge in [-0.1, -0.05) is 23.7 Å². The molecule has 26 heavy (non-hydrogen) atoms. The van der Waals surface area contributed by atoms with E-state index in [9.17, 15) is 5.11 Å². The smallest absolute Gasteiger partial charge is 0.299 e. The molecule has 4 nitrogen and oxygen atoms in total. The summed E-state index contributed by atoms with van der Waals surface area (Å²) in [6.07, 6.45) is 2.07. The van der Waals surface area contributed by atoms with E-state index in [0.717, 1.165) is 46.7 Å². The number of benzene rings is 2. The van der Waals surface area contributed by atoms with Gasteiger partial charge in [0.1, 0.15) is 0 Å². The van der Waals surface area contributed by atoms with Crippen LogP contribution in [0.25, 0.3) is 11.3 Å². The van der Waals surface area contributed by atoms with Gasteiger partial charge in [-0.15, -0.1) is 0 Å². The number of anilines is 2. The highest BCUT2D eigenvalue weighted by Crippen LogP contribution is 2.34. The van der Waals surface area contributed by atoms with Crippen molar-refractivity contribution in [3.8, 4) is 11.3 Å². The SMILES string of the molecule is Cc1cc(Cl)ccc1-c1oc(Nc2cccc3c2CC(O)CC3)nc1C. The molecular formula is C21H21ClN2O2. The van der Waals surface area contributed by atoms with Gasteiger partial charge >= 0.3 is 0 Å². The summed E-state index contributed by atoms with van der Waals surface area (Å²) < 4.78 is 6.02. The van der Waals surface area contributed by atoms with E-state index in [-0.39, 0.29) is 6.10 Å². The molecule has 0 spiro atoms. The first-order valence-corrected chi connectivity index (χ1v) is 9.19. The first kappa shape index (κ1) is 17.1. The number of oxazole rings is 1. The predicted octanol–water partition coefficient (Wildman–Crippen LogP) is 5.21. The maximum atomic E-state index is 10.0. The lowest BCUT2D eigenvalue weighted by Gasteiger charge is -2.23. The zero-order valence-corrected chi connectivity index (χ0v) is 15.6. The van der Waals surface area contributed by atoms with Crippen LogP contribution >= 0.6 is 11.6 Å². The summed E-state index contributed by atoms with van der Waals surface area (Å²) in [5.41, 5.74) is 6.22. The molecule has 1 aliphatic carbocycles. The molecule has 0 radical (unpaired) electrons. The highest BCUT2D eigenvalue weighted by atomic mass is 35.5. The monoisotopic (exact) mass is 368 g/mol. The van der Waals surface area contributed by atoms with Crippen molar-refractivity contribution in [2.75, 3.05) is 5.32 Å². The second-order valence-electron chi connectivity index (χ2n) is 6.86. The van der Waals surface area contributed by atoms with Gasteiger partial charge < -0.3 is 14.8 Å². The van der Waals surface area contributed by atoms with Gasteiger partial charge in [-0.05, 0) is 67.6 Å². The van der Waals surface area contributed by atoms with Crippen LogP contribution in [0.4, 0.5) is 11.7 Å². The number of aliphatic hydroxyl groups is 1. The van der Waals surface area contributed by atoms with Crippen molar-refractivity contribution in [1.29, 1.82) is 0 Å². The van der Waals surface area contributed by atoms with E-state index in [2.05, 4.69) is 16.4 Å². The Kier molecular flexibility index (Phi) is 4.47. The number of aromatic nitrogens is 1. The molecule has 3 aromatic rings. The molecule has 1 atom stereocenters. The maximum Gasteiger partial charge on any atom is 0.299 e. The first-order valence-electron chi connectivity index (χ1n) is 8.81. The van der Waals surface area contributed by atoms with Crippen LogP contribution in [-0.4, -0.2) is 16.2 Å². The molecule has 2 N–H and O–H groups in total. The molecule has 2 aromatic carbocycles. The molecular weight excluding hydrogens is 348 g/mol. The fourth-order valence-electron chi connectivity index (χ4n) is 3.58. The minimum Gasteiger partial charge on any atom is -0.423 e. The lowest BCUT2D eigenvalue weighted by molar-refractivity contribution is 0.159. The molecule has 4 rings (SSSR count). The van der Waals surface area contributed by atoms with Crippen molar-refractivity contribution < 1.29 is 9.52 Å². The summed E-state index contributed by atoms with van der Waals surface area (Å²) in [5.74, 6) is 0.742. The summed E-state index contributed by atoms with van der Waals surface area (Å²) in [4.78, 5) is 4.54. The molecule has 1 aromatic heterocycles. The van der Waals surface area contributed by atoms with E-state index in [1.54, 1.807) is 0 Å². The third-order valence-corrected chi connectivity index (χ3v) is 5.17. The molecule has 0 saturated heterocycles. The van der Waals surface area contributed by atoms with Crippen molar-refractivity contribution >= 4 is 23.3 Å². The topological polar surface area (TPSA) is 58.3 Å². The van der Waals surface area contributed by atoms with Crippen LogP contribution in [-0.2, 0) is 12.8 Å². The van der Waals surface area contributed by atoms with Crippen molar-refractivity contribution in [2.45, 2.75) is 39.2 Å². The normalized spacial score (nSPS) is 16.4. The van der Waals surface area contributed by atoms with E-state index in [1.807, 2.05) is 44.2 Å². The molecule has 0 saturated carbocycles. The van der Waals surface area contributed by atoms with Crippen LogP contribution in [0.15, 0.2) is 40.8 Å². The van der Waals surface area contributed by atoms with Crippen LogP contribution < -0.4 is 5.32 Å². The maximum absolute atomic E-state index is 10.0. The summed E-state index contributed by atoms with van der Waals surface area (Å²) in [5, 5.41) is 14.0. The Morgan fingerprint density at radius 2 is 2.08 bits per heavy atom. The Labute approximate surface area is 157 Å². The average molecular weight is 369 g/mol. The van der Waals surface area contributed by atoms with Crippen molar-refractivity contribution in [2.24, 2.45) is 0 Å². The van der Waals surface area contributed by atoms with Crippen molar-refractivity contribution in [3.63, 3.8) is 0 Å². The third-order valence-electron chi connectivity index (χ3n) is 4.93. The summed E-state index contributed by atoms with van der Waals surface area (Å²) in [6.45, 7) is 3.94. The predicted molar refractivity (Wildman–Crippen MR) is 104 cm³/mol. The van der Waals surface area contributed by atoms with Crippen LogP contribution in [0.3, 0.4) is 0 Å². The molecule has 0 fully saturated rings. The second kappa shape index (κ2) is 6.78.